The highest BCUT2D eigenvalue weighted by molar-refractivity contribution is 5.75. The van der Waals surface area contributed by atoms with Gasteiger partial charge in [0.25, 0.3) is 0 Å². The Hall–Kier alpha value is -2.44. The zero-order valence-corrected chi connectivity index (χ0v) is 9.08. The number of amides is 1. The molecule has 0 aromatic carbocycles. The largest absolute Gasteiger partial charge is 0.381 e. The zero-order chi connectivity index (χ0) is 12.1. The van der Waals surface area contributed by atoms with Gasteiger partial charge in [0.1, 0.15) is 6.54 Å². The summed E-state index contributed by atoms with van der Waals surface area (Å²) in [6, 6.07) is 5.52. The predicted molar refractivity (Wildman–Crippen MR) is 60.5 cm³/mol. The van der Waals surface area contributed by atoms with Gasteiger partial charge < -0.3 is 11.1 Å². The van der Waals surface area contributed by atoms with Crippen molar-refractivity contribution in [3.8, 4) is 0 Å². The van der Waals surface area contributed by atoms with E-state index in [9.17, 15) is 4.79 Å². The fraction of sp³-hybridized carbons (Fsp3) is 0.200. The summed E-state index contributed by atoms with van der Waals surface area (Å²) in [5.74, 6) is 0.105. The highest BCUT2D eigenvalue weighted by atomic mass is 16.2. The molecule has 2 rings (SSSR count). The van der Waals surface area contributed by atoms with Crippen molar-refractivity contribution in [3.05, 3.63) is 36.3 Å². The van der Waals surface area contributed by atoms with Crippen LogP contribution in [0.2, 0.25) is 0 Å². The van der Waals surface area contributed by atoms with Gasteiger partial charge in [-0.2, -0.15) is 9.90 Å². The Bertz CT molecular complexity index is 495. The van der Waals surface area contributed by atoms with Crippen LogP contribution < -0.4 is 11.1 Å². The molecule has 7 heteroatoms. The molecule has 17 heavy (non-hydrogen) atoms. The first-order valence-electron chi connectivity index (χ1n) is 5.06. The van der Waals surface area contributed by atoms with Crippen LogP contribution in [0.5, 0.6) is 0 Å². The average Bonchev–Trinajstić information content (AvgIpc) is 2.73. The van der Waals surface area contributed by atoms with E-state index in [1.807, 2.05) is 18.2 Å². The summed E-state index contributed by atoms with van der Waals surface area (Å²) in [7, 11) is 0. The summed E-state index contributed by atoms with van der Waals surface area (Å²) in [5.41, 5.74) is 6.18. The molecule has 0 saturated heterocycles. The van der Waals surface area contributed by atoms with Crippen LogP contribution in [-0.4, -0.2) is 25.9 Å². The van der Waals surface area contributed by atoms with Crippen LogP contribution in [0, 0.1) is 0 Å². The van der Waals surface area contributed by atoms with Crippen LogP contribution in [0.1, 0.15) is 5.69 Å². The predicted octanol–water partition coefficient (Wildman–Crippen LogP) is -0.428. The van der Waals surface area contributed by atoms with E-state index < -0.39 is 0 Å². The van der Waals surface area contributed by atoms with Gasteiger partial charge in [-0.1, -0.05) is 6.07 Å². The van der Waals surface area contributed by atoms with E-state index >= 15 is 0 Å². The molecule has 2 aromatic rings. The summed E-state index contributed by atoms with van der Waals surface area (Å²) in [5, 5.41) is 10.3. The lowest BCUT2D eigenvalue weighted by Gasteiger charge is -2.03. The molecule has 0 aliphatic rings. The van der Waals surface area contributed by atoms with E-state index in [4.69, 9.17) is 5.73 Å². The average molecular weight is 232 g/mol. The van der Waals surface area contributed by atoms with Crippen LogP contribution in [0.25, 0.3) is 0 Å². The quantitative estimate of drug-likeness (QED) is 0.745. The molecule has 3 N–H and O–H groups in total. The number of carbonyl (C=O) groups excluding carboxylic acids is 1. The van der Waals surface area contributed by atoms with E-state index in [2.05, 4.69) is 20.5 Å². The van der Waals surface area contributed by atoms with Gasteiger partial charge in [0, 0.05) is 6.20 Å². The minimum Gasteiger partial charge on any atom is -0.381 e. The first-order valence-corrected chi connectivity index (χ1v) is 5.06. The molecule has 0 radical (unpaired) electrons. The number of nitrogens with zero attached hydrogens (tertiary/aromatic N) is 4. The highest BCUT2D eigenvalue weighted by Gasteiger charge is 2.04. The van der Waals surface area contributed by atoms with E-state index in [1.54, 1.807) is 6.20 Å². The number of hydrogen-bond donors (Lipinski definition) is 2. The van der Waals surface area contributed by atoms with Crippen molar-refractivity contribution in [1.82, 2.24) is 25.3 Å². The number of rotatable bonds is 4. The van der Waals surface area contributed by atoms with Crippen LogP contribution in [-0.2, 0) is 17.9 Å². The fourth-order valence-electron chi connectivity index (χ4n) is 1.26. The molecule has 0 bridgehead atoms. The normalized spacial score (nSPS) is 10.1. The highest BCUT2D eigenvalue weighted by Crippen LogP contribution is 1.93. The number of nitrogens with two attached hydrogens (primary N) is 1. The Morgan fingerprint density at radius 2 is 2.35 bits per heavy atom. The molecule has 0 fully saturated rings. The molecule has 2 aromatic heterocycles. The van der Waals surface area contributed by atoms with Crippen molar-refractivity contribution < 1.29 is 4.79 Å². The number of pyridine rings is 1. The topological polar surface area (TPSA) is 98.7 Å². The lowest BCUT2D eigenvalue weighted by molar-refractivity contribution is -0.122. The van der Waals surface area contributed by atoms with E-state index in [1.165, 1.54) is 11.0 Å². The number of aromatic nitrogens is 4. The molecule has 0 aliphatic heterocycles. The maximum Gasteiger partial charge on any atom is 0.243 e. The Balaban J connectivity index is 1.82. The summed E-state index contributed by atoms with van der Waals surface area (Å²) in [4.78, 5) is 16.8. The molecule has 0 saturated carbocycles. The van der Waals surface area contributed by atoms with Gasteiger partial charge in [-0.25, -0.2) is 0 Å². The monoisotopic (exact) mass is 232 g/mol. The maximum atomic E-state index is 11.5. The first kappa shape index (κ1) is 11.1. The maximum absolute atomic E-state index is 11.5. The third kappa shape index (κ3) is 3.26. The minimum absolute atomic E-state index is 0.0457. The van der Waals surface area contributed by atoms with Gasteiger partial charge in [0.15, 0.2) is 5.82 Å². The van der Waals surface area contributed by atoms with Crippen molar-refractivity contribution in [2.24, 2.45) is 0 Å². The van der Waals surface area contributed by atoms with Gasteiger partial charge in [0.05, 0.1) is 18.4 Å². The molecule has 0 spiro atoms. The number of nitrogen functional groups attached to an aromatic ring is 1. The molecular formula is C10H12N6O. The second-order valence-electron chi connectivity index (χ2n) is 3.40. The summed E-state index contributed by atoms with van der Waals surface area (Å²) in [6.45, 7) is 0.431. The standard InChI is InChI=1S/C10H12N6O/c11-9-6-14-16(15-9)7-10(17)13-5-8-3-1-2-4-12-8/h1-4,6H,5,7H2,(H2,11,15)(H,13,17). The zero-order valence-electron chi connectivity index (χ0n) is 9.08. The fourth-order valence-corrected chi connectivity index (χ4v) is 1.26. The van der Waals surface area contributed by atoms with E-state index in [0.717, 1.165) is 5.69 Å². The SMILES string of the molecule is Nc1cnn(CC(=O)NCc2ccccn2)n1. The Labute approximate surface area is 97.6 Å². The molecule has 1 amide bonds. The summed E-state index contributed by atoms with van der Waals surface area (Å²) >= 11 is 0. The Morgan fingerprint density at radius 3 is 3.00 bits per heavy atom. The molecule has 88 valence electrons. The number of anilines is 1. The third-order valence-electron chi connectivity index (χ3n) is 2.03. The summed E-state index contributed by atoms with van der Waals surface area (Å²) in [6.07, 6.45) is 3.07. The van der Waals surface area contributed by atoms with Gasteiger partial charge in [-0.3, -0.25) is 9.78 Å². The number of carbonyl (C=O) groups is 1. The lowest BCUT2D eigenvalue weighted by Crippen LogP contribution is -2.28. The second-order valence-corrected chi connectivity index (χ2v) is 3.40. The second kappa shape index (κ2) is 5.06. The van der Waals surface area contributed by atoms with Gasteiger partial charge in [-0.05, 0) is 12.1 Å². The third-order valence-corrected chi connectivity index (χ3v) is 2.03. The van der Waals surface area contributed by atoms with Crippen LogP contribution in [0.3, 0.4) is 0 Å². The Morgan fingerprint density at radius 1 is 1.47 bits per heavy atom. The molecule has 0 unspecified atom stereocenters. The molecule has 0 aliphatic carbocycles. The molecular weight excluding hydrogens is 220 g/mol. The molecule has 0 atom stereocenters. The van der Waals surface area contributed by atoms with Gasteiger partial charge in [-0.15, -0.1) is 5.10 Å². The first-order chi connectivity index (χ1) is 8.24. The number of hydrogen-bond acceptors (Lipinski definition) is 5. The van der Waals surface area contributed by atoms with E-state index in [0.29, 0.717) is 12.4 Å². The van der Waals surface area contributed by atoms with Crippen LogP contribution in [0.4, 0.5) is 5.82 Å². The smallest absolute Gasteiger partial charge is 0.243 e. The van der Waals surface area contributed by atoms with Crippen LogP contribution >= 0.6 is 0 Å². The van der Waals surface area contributed by atoms with Gasteiger partial charge in [0.2, 0.25) is 5.91 Å². The molecule has 7 nitrogen and oxygen atoms in total. The van der Waals surface area contributed by atoms with Crippen molar-refractivity contribution >= 4 is 11.7 Å². The van der Waals surface area contributed by atoms with Crippen molar-refractivity contribution in [3.63, 3.8) is 0 Å². The van der Waals surface area contributed by atoms with Crippen molar-refractivity contribution in [2.45, 2.75) is 13.1 Å². The van der Waals surface area contributed by atoms with Crippen LogP contribution in [0.15, 0.2) is 30.6 Å². The Kier molecular flexibility index (Phi) is 3.29. The minimum atomic E-state index is -0.189. The lowest BCUT2D eigenvalue weighted by atomic mass is 10.3. The van der Waals surface area contributed by atoms with Gasteiger partial charge >= 0.3 is 0 Å². The molecule has 2 heterocycles. The van der Waals surface area contributed by atoms with Crippen molar-refractivity contribution in [2.75, 3.05) is 5.73 Å². The van der Waals surface area contributed by atoms with Crippen molar-refractivity contribution in [1.29, 1.82) is 0 Å². The number of nitrogens with one attached hydrogen (secondary N) is 1. The van der Waals surface area contributed by atoms with E-state index in [-0.39, 0.29) is 12.5 Å². The summed E-state index contributed by atoms with van der Waals surface area (Å²) < 4.78 is 0.